The fourth-order valence-electron chi connectivity index (χ4n) is 1.83. The zero-order valence-corrected chi connectivity index (χ0v) is 12.5. The van der Waals surface area contributed by atoms with Gasteiger partial charge in [0.25, 0.3) is 11.6 Å². The summed E-state index contributed by atoms with van der Waals surface area (Å²) in [5.74, 6) is -0.398. The van der Waals surface area contributed by atoms with Gasteiger partial charge >= 0.3 is 0 Å². The van der Waals surface area contributed by atoms with Gasteiger partial charge in [0.1, 0.15) is 11.4 Å². The number of carbonyl (C=O) groups is 1. The quantitative estimate of drug-likeness (QED) is 0.689. The molecule has 0 unspecified atom stereocenters. The van der Waals surface area contributed by atoms with Gasteiger partial charge in [-0.1, -0.05) is 6.07 Å². The van der Waals surface area contributed by atoms with Gasteiger partial charge in [0.05, 0.1) is 4.92 Å². The number of benzene rings is 1. The maximum Gasteiger partial charge on any atom is 0.293 e. The number of halogens is 1. The van der Waals surface area contributed by atoms with Crippen LogP contribution < -0.4 is 5.32 Å². The van der Waals surface area contributed by atoms with Crippen LogP contribution >= 0.6 is 15.9 Å². The number of nitrogens with zero attached hydrogens (tertiary/aromatic N) is 2. The van der Waals surface area contributed by atoms with Crippen molar-refractivity contribution < 1.29 is 9.72 Å². The van der Waals surface area contributed by atoms with Crippen molar-refractivity contribution in [3.8, 4) is 0 Å². The summed E-state index contributed by atoms with van der Waals surface area (Å²) < 4.78 is 2.41. The molecule has 1 aromatic carbocycles. The lowest BCUT2D eigenvalue weighted by molar-refractivity contribution is -0.384. The van der Waals surface area contributed by atoms with Gasteiger partial charge in [-0.2, -0.15) is 0 Å². The van der Waals surface area contributed by atoms with Crippen molar-refractivity contribution in [2.45, 2.75) is 6.92 Å². The molecule has 0 aliphatic carbocycles. The first-order valence-corrected chi connectivity index (χ1v) is 6.56. The Morgan fingerprint density at radius 2 is 2.10 bits per heavy atom. The average molecular weight is 338 g/mol. The molecule has 0 atom stereocenters. The maximum atomic E-state index is 12.1. The molecule has 0 fully saturated rings. The van der Waals surface area contributed by atoms with Crippen molar-refractivity contribution in [1.82, 2.24) is 4.57 Å². The molecule has 6 nitrogen and oxygen atoms in total. The number of hydrogen-bond donors (Lipinski definition) is 1. The first kappa shape index (κ1) is 14.3. The van der Waals surface area contributed by atoms with Crippen molar-refractivity contribution in [2.24, 2.45) is 7.05 Å². The molecule has 0 bridgehead atoms. The molecule has 1 amide bonds. The van der Waals surface area contributed by atoms with E-state index in [-0.39, 0.29) is 11.4 Å². The number of anilines is 1. The standard InChI is InChI=1S/C13H12BrN3O3/c1-8-3-4-10(11(5-8)17(19)20)15-13(18)12-6-9(14)7-16(12)2/h3-7H,1-2H3,(H,15,18). The number of amides is 1. The first-order chi connectivity index (χ1) is 9.38. The molecule has 1 aromatic heterocycles. The van der Waals surface area contributed by atoms with E-state index >= 15 is 0 Å². The van der Waals surface area contributed by atoms with Crippen molar-refractivity contribution >= 4 is 33.2 Å². The molecular formula is C13H12BrN3O3. The monoisotopic (exact) mass is 337 g/mol. The van der Waals surface area contributed by atoms with Crippen LogP contribution in [0.4, 0.5) is 11.4 Å². The molecule has 104 valence electrons. The smallest absolute Gasteiger partial charge is 0.293 e. The summed E-state index contributed by atoms with van der Waals surface area (Å²) >= 11 is 3.27. The Morgan fingerprint density at radius 3 is 2.65 bits per heavy atom. The number of nitro benzene ring substituents is 1. The van der Waals surface area contributed by atoms with E-state index in [1.807, 2.05) is 0 Å². The van der Waals surface area contributed by atoms with Crippen LogP contribution in [0.1, 0.15) is 16.1 Å². The molecule has 0 spiro atoms. The zero-order valence-electron chi connectivity index (χ0n) is 10.9. The van der Waals surface area contributed by atoms with Crippen LogP contribution in [-0.4, -0.2) is 15.4 Å². The van der Waals surface area contributed by atoms with Gasteiger partial charge in [-0.3, -0.25) is 14.9 Å². The number of nitrogens with one attached hydrogen (secondary N) is 1. The highest BCUT2D eigenvalue weighted by atomic mass is 79.9. The van der Waals surface area contributed by atoms with Crippen LogP contribution in [0.15, 0.2) is 34.9 Å². The average Bonchev–Trinajstić information content (AvgIpc) is 2.70. The van der Waals surface area contributed by atoms with Gasteiger partial charge in [0.15, 0.2) is 0 Å². The minimum Gasteiger partial charge on any atom is -0.345 e. The van der Waals surface area contributed by atoms with Gasteiger partial charge in [-0.25, -0.2) is 0 Å². The summed E-state index contributed by atoms with van der Waals surface area (Å²) in [4.78, 5) is 22.6. The first-order valence-electron chi connectivity index (χ1n) is 5.76. The highest BCUT2D eigenvalue weighted by Gasteiger charge is 2.18. The lowest BCUT2D eigenvalue weighted by atomic mass is 10.2. The minimum atomic E-state index is -0.510. The summed E-state index contributed by atoms with van der Waals surface area (Å²) in [6.45, 7) is 1.76. The Balaban J connectivity index is 2.33. The van der Waals surface area contributed by atoms with Crippen molar-refractivity contribution in [2.75, 3.05) is 5.32 Å². The summed E-state index contributed by atoms with van der Waals surface area (Å²) in [5, 5.41) is 13.6. The van der Waals surface area contributed by atoms with Crippen LogP contribution in [0.5, 0.6) is 0 Å². The molecule has 1 N–H and O–H groups in total. The molecule has 1 heterocycles. The third kappa shape index (κ3) is 2.88. The number of nitro groups is 1. The Kier molecular flexibility index (Phi) is 3.89. The fourth-order valence-corrected chi connectivity index (χ4v) is 2.36. The fraction of sp³-hybridized carbons (Fsp3) is 0.154. The van der Waals surface area contributed by atoms with Crippen molar-refractivity contribution in [3.05, 3.63) is 56.3 Å². The molecule has 2 rings (SSSR count). The molecule has 20 heavy (non-hydrogen) atoms. The third-order valence-corrected chi connectivity index (χ3v) is 3.24. The predicted molar refractivity (Wildman–Crippen MR) is 78.9 cm³/mol. The number of aryl methyl sites for hydroxylation is 2. The summed E-state index contributed by atoms with van der Waals surface area (Å²) in [5.41, 5.74) is 1.23. The molecule has 0 aliphatic rings. The lowest BCUT2D eigenvalue weighted by Gasteiger charge is -2.07. The lowest BCUT2D eigenvalue weighted by Crippen LogP contribution is -2.16. The number of hydrogen-bond acceptors (Lipinski definition) is 3. The summed E-state index contributed by atoms with van der Waals surface area (Å²) in [6, 6.07) is 6.32. The third-order valence-electron chi connectivity index (χ3n) is 2.80. The van der Waals surface area contributed by atoms with Crippen LogP contribution in [0, 0.1) is 17.0 Å². The highest BCUT2D eigenvalue weighted by molar-refractivity contribution is 9.10. The topological polar surface area (TPSA) is 77.2 Å². The van der Waals surface area contributed by atoms with Gasteiger partial charge in [0, 0.05) is 23.8 Å². The molecule has 7 heteroatoms. The van der Waals surface area contributed by atoms with Gasteiger partial charge < -0.3 is 9.88 Å². The molecule has 0 radical (unpaired) electrons. The van der Waals surface area contributed by atoms with Crippen LogP contribution in [0.3, 0.4) is 0 Å². The van der Waals surface area contributed by atoms with Crippen LogP contribution in [0.2, 0.25) is 0 Å². The number of rotatable bonds is 3. The van der Waals surface area contributed by atoms with Crippen LogP contribution in [-0.2, 0) is 7.05 Å². The van der Waals surface area contributed by atoms with E-state index < -0.39 is 10.8 Å². The summed E-state index contributed by atoms with van der Waals surface area (Å²) in [6.07, 6.45) is 1.73. The van der Waals surface area contributed by atoms with E-state index in [9.17, 15) is 14.9 Å². The van der Waals surface area contributed by atoms with E-state index in [1.165, 1.54) is 12.1 Å². The van der Waals surface area contributed by atoms with Gasteiger partial charge in [-0.15, -0.1) is 0 Å². The predicted octanol–water partition coefficient (Wildman–Crippen LogP) is 3.26. The van der Waals surface area contributed by atoms with E-state index in [0.717, 1.165) is 10.0 Å². The second kappa shape index (κ2) is 5.46. The van der Waals surface area contributed by atoms with Gasteiger partial charge in [0.2, 0.25) is 0 Å². The van der Waals surface area contributed by atoms with E-state index in [4.69, 9.17) is 0 Å². The largest absolute Gasteiger partial charge is 0.345 e. The van der Waals surface area contributed by atoms with Crippen LogP contribution in [0.25, 0.3) is 0 Å². The Hall–Kier alpha value is -2.15. The molecule has 0 saturated carbocycles. The molecule has 0 saturated heterocycles. The van der Waals surface area contributed by atoms with Gasteiger partial charge in [-0.05, 0) is 40.5 Å². The second-order valence-electron chi connectivity index (χ2n) is 4.39. The Morgan fingerprint density at radius 1 is 1.40 bits per heavy atom. The van der Waals surface area contributed by atoms with E-state index in [2.05, 4.69) is 21.2 Å². The normalized spacial score (nSPS) is 10.3. The number of carbonyl (C=O) groups excluding carboxylic acids is 1. The summed E-state index contributed by atoms with van der Waals surface area (Å²) in [7, 11) is 1.73. The number of aromatic nitrogens is 1. The highest BCUT2D eigenvalue weighted by Crippen LogP contribution is 2.26. The Bertz CT molecular complexity index is 694. The second-order valence-corrected chi connectivity index (χ2v) is 5.30. The minimum absolute atomic E-state index is 0.119. The van der Waals surface area contributed by atoms with E-state index in [0.29, 0.717) is 5.69 Å². The van der Waals surface area contributed by atoms with E-state index in [1.54, 1.807) is 36.9 Å². The molecular weight excluding hydrogens is 326 g/mol. The zero-order chi connectivity index (χ0) is 14.9. The Labute approximate surface area is 123 Å². The maximum absolute atomic E-state index is 12.1. The SMILES string of the molecule is Cc1ccc(NC(=O)c2cc(Br)cn2C)c([N+](=O)[O-])c1. The molecule has 2 aromatic rings. The molecule has 0 aliphatic heterocycles. The van der Waals surface area contributed by atoms with Crippen molar-refractivity contribution in [3.63, 3.8) is 0 Å². The van der Waals surface area contributed by atoms with Crippen molar-refractivity contribution in [1.29, 1.82) is 0 Å².